The van der Waals surface area contributed by atoms with Crippen molar-refractivity contribution in [2.75, 3.05) is 0 Å². The molecule has 0 atom stereocenters. The zero-order valence-electron chi connectivity index (χ0n) is 6.49. The largest absolute Gasteiger partial charge is 0.0988 e. The lowest BCUT2D eigenvalue weighted by Gasteiger charge is -1.85. The Labute approximate surface area is 58.0 Å². The highest BCUT2D eigenvalue weighted by Gasteiger charge is 1.76. The summed E-state index contributed by atoms with van der Waals surface area (Å²) in [6, 6.07) is 0. The summed E-state index contributed by atoms with van der Waals surface area (Å²) in [5.41, 5.74) is 1.36. The van der Waals surface area contributed by atoms with Crippen molar-refractivity contribution in [2.45, 2.75) is 33.6 Å². The van der Waals surface area contributed by atoms with Crippen molar-refractivity contribution in [3.8, 4) is 11.8 Å². The lowest BCUT2D eigenvalue weighted by Crippen LogP contribution is -1.67. The molecule has 0 aromatic rings. The van der Waals surface area contributed by atoms with Gasteiger partial charge in [0.15, 0.2) is 0 Å². The predicted molar refractivity (Wildman–Crippen MR) is 42.1 cm³/mol. The van der Waals surface area contributed by atoms with Crippen LogP contribution in [-0.2, 0) is 0 Å². The van der Waals surface area contributed by atoms with Crippen LogP contribution in [-0.4, -0.2) is 0 Å². The molecule has 0 spiro atoms. The molecule has 9 heavy (non-hydrogen) atoms. The highest BCUT2D eigenvalue weighted by Crippen LogP contribution is 1.95. The second-order valence-electron chi connectivity index (χ2n) is 2.02. The summed E-state index contributed by atoms with van der Waals surface area (Å²) < 4.78 is 0. The van der Waals surface area contributed by atoms with E-state index in [4.69, 9.17) is 0 Å². The Balaban J connectivity index is 3.68. The second-order valence-corrected chi connectivity index (χ2v) is 2.02. The summed E-state index contributed by atoms with van der Waals surface area (Å²) in [6.45, 7) is 6.30. The molecule has 0 aliphatic carbocycles. The Kier molecular flexibility index (Phi) is 5.01. The van der Waals surface area contributed by atoms with E-state index in [2.05, 4.69) is 32.6 Å². The third-order valence-corrected chi connectivity index (χ3v) is 1.16. The summed E-state index contributed by atoms with van der Waals surface area (Å²) in [4.78, 5) is 0. The highest BCUT2D eigenvalue weighted by atomic mass is 13.8. The topological polar surface area (TPSA) is 0 Å². The van der Waals surface area contributed by atoms with Gasteiger partial charge in [-0.25, -0.2) is 0 Å². The van der Waals surface area contributed by atoms with Crippen LogP contribution in [0.3, 0.4) is 0 Å². The average molecular weight is 122 g/mol. The summed E-state index contributed by atoms with van der Waals surface area (Å²) in [5.74, 6) is 5.96. The van der Waals surface area contributed by atoms with E-state index in [1.807, 2.05) is 6.08 Å². The van der Waals surface area contributed by atoms with Gasteiger partial charge >= 0.3 is 0 Å². The van der Waals surface area contributed by atoms with Gasteiger partial charge in [-0.3, -0.25) is 0 Å². The van der Waals surface area contributed by atoms with Crippen LogP contribution < -0.4 is 0 Å². The molecule has 0 fully saturated rings. The van der Waals surface area contributed by atoms with Crippen LogP contribution in [0.1, 0.15) is 33.6 Å². The molecule has 0 aliphatic heterocycles. The van der Waals surface area contributed by atoms with E-state index in [1.165, 1.54) is 5.57 Å². The van der Waals surface area contributed by atoms with Crippen LogP contribution >= 0.6 is 0 Å². The summed E-state index contributed by atoms with van der Waals surface area (Å²) in [7, 11) is 0. The first-order valence-electron chi connectivity index (χ1n) is 3.45. The maximum absolute atomic E-state index is 2.99. The lowest BCUT2D eigenvalue weighted by molar-refractivity contribution is 1.10. The zero-order valence-corrected chi connectivity index (χ0v) is 6.49. The van der Waals surface area contributed by atoms with Gasteiger partial charge in [-0.15, -0.1) is 0 Å². The van der Waals surface area contributed by atoms with Crippen LogP contribution in [0, 0.1) is 11.8 Å². The summed E-state index contributed by atoms with van der Waals surface area (Å²) >= 11 is 0. The average Bonchev–Trinajstić information content (AvgIpc) is 1.89. The maximum atomic E-state index is 2.99. The molecule has 0 heteroatoms. The molecular weight excluding hydrogens is 108 g/mol. The smallest absolute Gasteiger partial charge is 0.00637 e. The number of rotatable bonds is 1. The van der Waals surface area contributed by atoms with Gasteiger partial charge in [0.05, 0.1) is 0 Å². The van der Waals surface area contributed by atoms with Gasteiger partial charge in [0.1, 0.15) is 0 Å². The minimum Gasteiger partial charge on any atom is -0.0988 e. The minimum atomic E-state index is 0.952. The zero-order chi connectivity index (χ0) is 7.11. The maximum Gasteiger partial charge on any atom is 0.00637 e. The Morgan fingerprint density at radius 2 is 2.11 bits per heavy atom. The number of hydrogen-bond acceptors (Lipinski definition) is 0. The molecule has 0 rings (SSSR count). The van der Waals surface area contributed by atoms with Crippen LogP contribution in [0.15, 0.2) is 11.6 Å². The van der Waals surface area contributed by atoms with Gasteiger partial charge in [-0.2, -0.15) is 0 Å². The summed E-state index contributed by atoms with van der Waals surface area (Å²) in [6.07, 6.45) is 4.05. The van der Waals surface area contributed by atoms with Gasteiger partial charge in [-0.05, 0) is 19.4 Å². The molecule has 0 unspecified atom stereocenters. The van der Waals surface area contributed by atoms with Crippen molar-refractivity contribution >= 4 is 0 Å². The van der Waals surface area contributed by atoms with Crippen molar-refractivity contribution in [1.82, 2.24) is 0 Å². The van der Waals surface area contributed by atoms with E-state index in [0.29, 0.717) is 0 Å². The molecule has 0 aromatic heterocycles. The minimum absolute atomic E-state index is 0.952. The van der Waals surface area contributed by atoms with Crippen LogP contribution in [0.4, 0.5) is 0 Å². The molecule has 0 aliphatic rings. The van der Waals surface area contributed by atoms with E-state index in [9.17, 15) is 0 Å². The van der Waals surface area contributed by atoms with Crippen LogP contribution in [0.5, 0.6) is 0 Å². The fourth-order valence-corrected chi connectivity index (χ4v) is 0.378. The fraction of sp³-hybridized carbons (Fsp3) is 0.556. The van der Waals surface area contributed by atoms with Crippen molar-refractivity contribution < 1.29 is 0 Å². The molecule has 0 aromatic carbocycles. The Morgan fingerprint density at radius 3 is 2.56 bits per heavy atom. The first kappa shape index (κ1) is 8.30. The van der Waals surface area contributed by atoms with Crippen molar-refractivity contribution in [2.24, 2.45) is 0 Å². The Hall–Kier alpha value is -0.700. The third-order valence-electron chi connectivity index (χ3n) is 1.16. The number of hydrogen-bond donors (Lipinski definition) is 0. The molecule has 0 saturated carbocycles. The molecule has 0 N–H and O–H groups in total. The summed E-state index contributed by atoms with van der Waals surface area (Å²) in [5, 5.41) is 0. The van der Waals surface area contributed by atoms with Gasteiger partial charge in [-0.1, -0.05) is 31.3 Å². The van der Waals surface area contributed by atoms with E-state index < -0.39 is 0 Å². The Bertz CT molecular complexity index is 141. The van der Waals surface area contributed by atoms with Crippen LogP contribution in [0.2, 0.25) is 0 Å². The molecule has 0 radical (unpaired) electrons. The monoisotopic (exact) mass is 122 g/mol. The molecule has 0 heterocycles. The molecule has 0 saturated heterocycles. The van der Waals surface area contributed by atoms with Crippen molar-refractivity contribution in [3.63, 3.8) is 0 Å². The first-order valence-corrected chi connectivity index (χ1v) is 3.45. The normalized spacial score (nSPS) is 10.3. The van der Waals surface area contributed by atoms with E-state index >= 15 is 0 Å². The highest BCUT2D eigenvalue weighted by molar-refractivity contribution is 5.19. The van der Waals surface area contributed by atoms with E-state index in [1.54, 1.807) is 0 Å². The van der Waals surface area contributed by atoms with Crippen molar-refractivity contribution in [3.05, 3.63) is 11.6 Å². The van der Waals surface area contributed by atoms with Gasteiger partial charge in [0.2, 0.25) is 0 Å². The standard InChI is InChI=1S/C9H14/c1-4-6-7-8-9(3)5-2/h8H,4-5H2,1-3H3. The second kappa shape index (κ2) is 5.44. The SMILES string of the molecule is CCC#CC=C(C)CC. The van der Waals surface area contributed by atoms with Crippen LogP contribution in [0.25, 0.3) is 0 Å². The predicted octanol–water partition coefficient (Wildman–Crippen LogP) is 2.76. The molecule has 0 amide bonds. The molecule has 50 valence electrons. The molecule has 0 bridgehead atoms. The van der Waals surface area contributed by atoms with E-state index in [0.717, 1.165) is 12.8 Å². The number of allylic oxidation sites excluding steroid dienone is 2. The van der Waals surface area contributed by atoms with E-state index in [-0.39, 0.29) is 0 Å². The molecule has 0 nitrogen and oxygen atoms in total. The van der Waals surface area contributed by atoms with Gasteiger partial charge in [0, 0.05) is 6.42 Å². The quantitative estimate of drug-likeness (QED) is 0.469. The fourth-order valence-electron chi connectivity index (χ4n) is 0.378. The van der Waals surface area contributed by atoms with Gasteiger partial charge < -0.3 is 0 Å². The lowest BCUT2D eigenvalue weighted by atomic mass is 10.2. The first-order chi connectivity index (χ1) is 4.31. The molecular formula is C9H14. The van der Waals surface area contributed by atoms with Gasteiger partial charge in [0.25, 0.3) is 0 Å². The third kappa shape index (κ3) is 5.17. The van der Waals surface area contributed by atoms with Crippen molar-refractivity contribution in [1.29, 1.82) is 0 Å². The Morgan fingerprint density at radius 1 is 1.44 bits per heavy atom.